The molecule has 0 amide bonds. The Labute approximate surface area is 147 Å². The molecule has 0 saturated carbocycles. The Kier molecular flexibility index (Phi) is 7.15. The first-order valence-electron chi connectivity index (χ1n) is 8.42. The number of carbonyl (C=O) groups is 1. The molecule has 1 saturated heterocycles. The van der Waals surface area contributed by atoms with Crippen molar-refractivity contribution in [2.24, 2.45) is 11.7 Å². The van der Waals surface area contributed by atoms with E-state index in [4.69, 9.17) is 10.5 Å². The van der Waals surface area contributed by atoms with Crippen molar-refractivity contribution < 1.29 is 19.2 Å². The van der Waals surface area contributed by atoms with Gasteiger partial charge in [-0.1, -0.05) is 6.07 Å². The number of methoxy groups -OCH3 is 1. The molecule has 8 heteroatoms. The van der Waals surface area contributed by atoms with Crippen molar-refractivity contribution in [1.82, 2.24) is 4.90 Å². The van der Waals surface area contributed by atoms with Gasteiger partial charge in [-0.15, -0.1) is 0 Å². The normalized spacial score (nSPS) is 17.9. The molecule has 0 aromatic heterocycles. The molecule has 0 spiro atoms. The summed E-state index contributed by atoms with van der Waals surface area (Å²) < 4.78 is 9.68. The standard InChI is InChI=1S/C17H25N3O5/c1-24-17(21)12-25-16-5-4-14(9-15(16)20(22)23)11-19-8-2-3-13(10-19)6-7-18/h4-5,9,13H,2-3,6-8,10-12,18H2,1H3. The van der Waals surface area contributed by atoms with Crippen LogP contribution in [0, 0.1) is 16.0 Å². The Morgan fingerprint density at radius 3 is 2.96 bits per heavy atom. The molecule has 1 heterocycles. The summed E-state index contributed by atoms with van der Waals surface area (Å²) in [6.07, 6.45) is 3.32. The van der Waals surface area contributed by atoms with Gasteiger partial charge in [0.1, 0.15) is 0 Å². The third kappa shape index (κ3) is 5.68. The minimum absolute atomic E-state index is 0.0683. The lowest BCUT2D eigenvalue weighted by Crippen LogP contribution is -2.35. The van der Waals surface area contributed by atoms with Crippen molar-refractivity contribution >= 4 is 11.7 Å². The number of nitrogens with zero attached hydrogens (tertiary/aromatic N) is 2. The molecular formula is C17H25N3O5. The lowest BCUT2D eigenvalue weighted by atomic mass is 9.94. The molecular weight excluding hydrogens is 326 g/mol. The number of hydrogen-bond acceptors (Lipinski definition) is 7. The molecule has 25 heavy (non-hydrogen) atoms. The summed E-state index contributed by atoms with van der Waals surface area (Å²) >= 11 is 0. The Hall–Kier alpha value is -2.19. The van der Waals surface area contributed by atoms with Gasteiger partial charge in [0.2, 0.25) is 0 Å². The average molecular weight is 351 g/mol. The number of benzene rings is 1. The highest BCUT2D eigenvalue weighted by Gasteiger charge is 2.22. The van der Waals surface area contributed by atoms with E-state index in [1.807, 2.05) is 0 Å². The average Bonchev–Trinajstić information content (AvgIpc) is 2.60. The molecule has 1 fully saturated rings. The molecule has 1 atom stereocenters. The highest BCUT2D eigenvalue weighted by atomic mass is 16.6. The Morgan fingerprint density at radius 1 is 1.48 bits per heavy atom. The molecule has 8 nitrogen and oxygen atoms in total. The van der Waals surface area contributed by atoms with Crippen LogP contribution in [-0.4, -0.2) is 49.1 Å². The van der Waals surface area contributed by atoms with Gasteiger partial charge in [0.15, 0.2) is 12.4 Å². The number of nitrogens with two attached hydrogens (primary N) is 1. The number of nitro benzene ring substituents is 1. The molecule has 1 unspecified atom stereocenters. The first-order chi connectivity index (χ1) is 12.0. The Morgan fingerprint density at radius 2 is 2.28 bits per heavy atom. The summed E-state index contributed by atoms with van der Waals surface area (Å²) in [5.41, 5.74) is 6.36. The summed E-state index contributed by atoms with van der Waals surface area (Å²) in [6, 6.07) is 4.85. The molecule has 2 rings (SSSR count). The molecule has 138 valence electrons. The lowest BCUT2D eigenvalue weighted by Gasteiger charge is -2.32. The molecule has 1 aromatic rings. The largest absolute Gasteiger partial charge is 0.475 e. The Balaban J connectivity index is 2.05. The highest BCUT2D eigenvalue weighted by molar-refractivity contribution is 5.71. The van der Waals surface area contributed by atoms with E-state index in [0.29, 0.717) is 19.0 Å². The molecule has 1 aliphatic rings. The maximum Gasteiger partial charge on any atom is 0.343 e. The summed E-state index contributed by atoms with van der Waals surface area (Å²) in [4.78, 5) is 24.3. The van der Waals surface area contributed by atoms with Crippen LogP contribution in [0.3, 0.4) is 0 Å². The van der Waals surface area contributed by atoms with Gasteiger partial charge in [0.25, 0.3) is 0 Å². The molecule has 0 bridgehead atoms. The monoisotopic (exact) mass is 351 g/mol. The van der Waals surface area contributed by atoms with Gasteiger partial charge < -0.3 is 15.2 Å². The number of ether oxygens (including phenoxy) is 2. The van der Waals surface area contributed by atoms with E-state index in [2.05, 4.69) is 9.64 Å². The third-order valence-electron chi connectivity index (χ3n) is 4.38. The fourth-order valence-corrected chi connectivity index (χ4v) is 3.15. The SMILES string of the molecule is COC(=O)COc1ccc(CN2CCCC(CCN)C2)cc1[N+](=O)[O-]. The smallest absolute Gasteiger partial charge is 0.343 e. The summed E-state index contributed by atoms with van der Waals surface area (Å²) in [6.45, 7) is 2.93. The van der Waals surface area contributed by atoms with Gasteiger partial charge in [-0.2, -0.15) is 0 Å². The summed E-state index contributed by atoms with van der Waals surface area (Å²) in [7, 11) is 1.24. The van der Waals surface area contributed by atoms with Crippen LogP contribution in [0.15, 0.2) is 18.2 Å². The van der Waals surface area contributed by atoms with E-state index in [0.717, 1.165) is 31.5 Å². The molecule has 1 aromatic carbocycles. The van der Waals surface area contributed by atoms with Gasteiger partial charge in [-0.25, -0.2) is 4.79 Å². The zero-order valence-corrected chi connectivity index (χ0v) is 14.5. The van der Waals surface area contributed by atoms with Gasteiger partial charge in [-0.05, 0) is 49.9 Å². The van der Waals surface area contributed by atoms with Crippen LogP contribution in [0.5, 0.6) is 5.75 Å². The van der Waals surface area contributed by atoms with Crippen LogP contribution >= 0.6 is 0 Å². The van der Waals surface area contributed by atoms with Crippen LogP contribution in [0.2, 0.25) is 0 Å². The zero-order valence-electron chi connectivity index (χ0n) is 14.5. The first kappa shape index (κ1) is 19.1. The second-order valence-corrected chi connectivity index (χ2v) is 6.24. The van der Waals surface area contributed by atoms with E-state index in [1.165, 1.54) is 25.7 Å². The topological polar surface area (TPSA) is 108 Å². The molecule has 2 N–H and O–H groups in total. The minimum Gasteiger partial charge on any atom is -0.475 e. The first-order valence-corrected chi connectivity index (χ1v) is 8.42. The maximum absolute atomic E-state index is 11.3. The van der Waals surface area contributed by atoms with Gasteiger partial charge in [0, 0.05) is 19.2 Å². The van der Waals surface area contributed by atoms with Gasteiger partial charge in [-0.3, -0.25) is 15.0 Å². The summed E-state index contributed by atoms with van der Waals surface area (Å²) in [5, 5.41) is 11.3. The number of likely N-dealkylation sites (tertiary alicyclic amines) is 1. The van der Waals surface area contributed by atoms with Crippen LogP contribution in [0.4, 0.5) is 5.69 Å². The minimum atomic E-state index is -0.586. The van der Waals surface area contributed by atoms with E-state index >= 15 is 0 Å². The quantitative estimate of drug-likeness (QED) is 0.431. The number of rotatable bonds is 8. The fourth-order valence-electron chi connectivity index (χ4n) is 3.15. The number of carbonyl (C=O) groups excluding carboxylic acids is 1. The number of hydrogen-bond donors (Lipinski definition) is 1. The Bertz CT molecular complexity index is 606. The van der Waals surface area contributed by atoms with Crippen LogP contribution in [0.1, 0.15) is 24.8 Å². The second kappa shape index (κ2) is 9.33. The van der Waals surface area contributed by atoms with Gasteiger partial charge in [0.05, 0.1) is 12.0 Å². The lowest BCUT2D eigenvalue weighted by molar-refractivity contribution is -0.385. The van der Waals surface area contributed by atoms with Gasteiger partial charge >= 0.3 is 11.7 Å². The third-order valence-corrected chi connectivity index (χ3v) is 4.38. The van der Waals surface area contributed by atoms with E-state index < -0.39 is 10.9 Å². The van der Waals surface area contributed by atoms with Crippen molar-refractivity contribution in [3.8, 4) is 5.75 Å². The second-order valence-electron chi connectivity index (χ2n) is 6.24. The van der Waals surface area contributed by atoms with Crippen molar-refractivity contribution in [3.63, 3.8) is 0 Å². The number of nitro groups is 1. The molecule has 0 radical (unpaired) electrons. The van der Waals surface area contributed by atoms with Crippen molar-refractivity contribution in [2.45, 2.75) is 25.8 Å². The van der Waals surface area contributed by atoms with E-state index in [9.17, 15) is 14.9 Å². The van der Waals surface area contributed by atoms with Crippen LogP contribution in [0.25, 0.3) is 0 Å². The number of piperidine rings is 1. The molecule has 1 aliphatic heterocycles. The van der Waals surface area contributed by atoms with Crippen LogP contribution < -0.4 is 10.5 Å². The highest BCUT2D eigenvalue weighted by Crippen LogP contribution is 2.29. The number of esters is 1. The maximum atomic E-state index is 11.3. The van der Waals surface area contributed by atoms with Crippen molar-refractivity contribution in [3.05, 3.63) is 33.9 Å². The zero-order chi connectivity index (χ0) is 18.2. The fraction of sp³-hybridized carbons (Fsp3) is 0.588. The molecule has 0 aliphatic carbocycles. The van der Waals surface area contributed by atoms with E-state index in [1.54, 1.807) is 6.07 Å². The summed E-state index contributed by atoms with van der Waals surface area (Å²) in [5.74, 6) is 0.0767. The van der Waals surface area contributed by atoms with E-state index in [-0.39, 0.29) is 18.0 Å². The van der Waals surface area contributed by atoms with Crippen LogP contribution in [-0.2, 0) is 16.1 Å². The predicted molar refractivity (Wildman–Crippen MR) is 92.3 cm³/mol. The van der Waals surface area contributed by atoms with Crippen molar-refractivity contribution in [1.29, 1.82) is 0 Å². The van der Waals surface area contributed by atoms with Crippen molar-refractivity contribution in [2.75, 3.05) is 33.4 Å². The predicted octanol–water partition coefficient (Wildman–Crippen LogP) is 1.71.